The number of rotatable bonds is 5. The summed E-state index contributed by atoms with van der Waals surface area (Å²) < 4.78 is 24.2. The van der Waals surface area contributed by atoms with E-state index in [1.165, 1.54) is 0 Å². The highest BCUT2D eigenvalue weighted by Crippen LogP contribution is 2.13. The Morgan fingerprint density at radius 1 is 1.32 bits per heavy atom. The van der Waals surface area contributed by atoms with E-state index in [4.69, 9.17) is 5.14 Å². The molecule has 3 N–H and O–H groups in total. The molecule has 0 aromatic carbocycles. The molecule has 0 aromatic rings. The number of hydrogen-bond acceptors (Lipinski definition) is 3. The third-order valence-corrected chi connectivity index (χ3v) is 4.04. The molecule has 6 nitrogen and oxygen atoms in total. The van der Waals surface area contributed by atoms with Gasteiger partial charge in [0.15, 0.2) is 0 Å². The first-order valence-electron chi connectivity index (χ1n) is 6.64. The van der Waals surface area contributed by atoms with Gasteiger partial charge in [0.05, 0.1) is 0 Å². The predicted octanol–water partition coefficient (Wildman–Crippen LogP) is 0.517. The summed E-state index contributed by atoms with van der Waals surface area (Å²) in [6.07, 6.45) is 4.66. The molecule has 1 fully saturated rings. The summed E-state index contributed by atoms with van der Waals surface area (Å²) in [6.45, 7) is 5.18. The molecular formula is C12H23N3O3S. The summed E-state index contributed by atoms with van der Waals surface area (Å²) in [5, 5.41) is 4.93. The van der Waals surface area contributed by atoms with Gasteiger partial charge in [0, 0.05) is 25.2 Å². The van der Waals surface area contributed by atoms with Crippen molar-refractivity contribution in [3.8, 4) is 0 Å². The van der Waals surface area contributed by atoms with Gasteiger partial charge in [0.25, 0.3) is 10.2 Å². The second-order valence-electron chi connectivity index (χ2n) is 4.77. The number of piperidine rings is 1. The lowest BCUT2D eigenvalue weighted by atomic mass is 10.1. The molecule has 0 aromatic heterocycles. The van der Waals surface area contributed by atoms with Crippen molar-refractivity contribution in [2.45, 2.75) is 45.6 Å². The highest BCUT2D eigenvalue weighted by Gasteiger charge is 2.23. The van der Waals surface area contributed by atoms with E-state index in [0.717, 1.165) is 18.4 Å². The smallest absolute Gasteiger partial charge is 0.274 e. The third-order valence-electron chi connectivity index (χ3n) is 3.37. The fourth-order valence-electron chi connectivity index (χ4n) is 2.17. The molecule has 19 heavy (non-hydrogen) atoms. The van der Waals surface area contributed by atoms with Crippen molar-refractivity contribution >= 4 is 16.1 Å². The summed E-state index contributed by atoms with van der Waals surface area (Å²) in [7, 11) is -3.65. The summed E-state index contributed by atoms with van der Waals surface area (Å²) in [5.74, 6) is 0.0211. The third kappa shape index (κ3) is 5.71. The Bertz CT molecular complexity index is 431. The van der Waals surface area contributed by atoms with Gasteiger partial charge in [-0.25, -0.2) is 5.14 Å². The zero-order valence-electron chi connectivity index (χ0n) is 11.6. The maximum atomic E-state index is 12.0. The molecule has 1 saturated heterocycles. The number of nitrogens with zero attached hydrogens (tertiary/aromatic N) is 1. The van der Waals surface area contributed by atoms with Gasteiger partial charge in [-0.3, -0.25) is 4.79 Å². The van der Waals surface area contributed by atoms with E-state index >= 15 is 0 Å². The molecule has 0 aliphatic carbocycles. The lowest BCUT2D eigenvalue weighted by Crippen LogP contribution is -2.47. The summed E-state index contributed by atoms with van der Waals surface area (Å²) >= 11 is 0. The van der Waals surface area contributed by atoms with Crippen molar-refractivity contribution < 1.29 is 13.2 Å². The van der Waals surface area contributed by atoms with E-state index in [2.05, 4.69) is 4.72 Å². The maximum absolute atomic E-state index is 12.0. The summed E-state index contributed by atoms with van der Waals surface area (Å²) in [4.78, 5) is 13.8. The number of nitrogens with two attached hydrogens (primary N) is 1. The van der Waals surface area contributed by atoms with E-state index in [-0.39, 0.29) is 11.9 Å². The lowest BCUT2D eigenvalue weighted by Gasteiger charge is -2.31. The average molecular weight is 289 g/mol. The van der Waals surface area contributed by atoms with Gasteiger partial charge in [-0.15, -0.1) is 0 Å². The van der Waals surface area contributed by atoms with Crippen molar-refractivity contribution in [3.63, 3.8) is 0 Å². The first-order chi connectivity index (χ1) is 8.85. The molecule has 0 saturated carbocycles. The largest absolute Gasteiger partial charge is 0.339 e. The molecule has 0 atom stereocenters. The van der Waals surface area contributed by atoms with E-state index in [0.29, 0.717) is 25.9 Å². The Kier molecular flexibility index (Phi) is 5.96. The predicted molar refractivity (Wildman–Crippen MR) is 74.5 cm³/mol. The molecular weight excluding hydrogens is 266 g/mol. The van der Waals surface area contributed by atoms with Crippen LogP contribution in [0.25, 0.3) is 0 Å². The zero-order valence-corrected chi connectivity index (χ0v) is 12.4. The minimum atomic E-state index is -3.65. The first kappa shape index (κ1) is 16.1. The van der Waals surface area contributed by atoms with Crippen LogP contribution in [0, 0.1) is 0 Å². The highest BCUT2D eigenvalue weighted by molar-refractivity contribution is 7.87. The number of likely N-dealkylation sites (tertiary alicyclic amines) is 1. The zero-order chi connectivity index (χ0) is 14.5. The topological polar surface area (TPSA) is 92.5 Å². The number of amides is 1. The second kappa shape index (κ2) is 7.02. The van der Waals surface area contributed by atoms with Crippen molar-refractivity contribution in [3.05, 3.63) is 11.6 Å². The van der Waals surface area contributed by atoms with Gasteiger partial charge in [-0.05, 0) is 25.7 Å². The van der Waals surface area contributed by atoms with E-state index in [1.807, 2.05) is 13.8 Å². The molecule has 0 unspecified atom stereocenters. The van der Waals surface area contributed by atoms with Crippen LogP contribution in [0.15, 0.2) is 11.6 Å². The normalized spacial score (nSPS) is 17.3. The second-order valence-corrected chi connectivity index (χ2v) is 6.10. The van der Waals surface area contributed by atoms with Gasteiger partial charge in [-0.2, -0.15) is 13.1 Å². The Hall–Kier alpha value is -0.920. The summed E-state index contributed by atoms with van der Waals surface area (Å²) in [5.41, 5.74) is 1.13. The molecule has 0 radical (unpaired) electrons. The van der Waals surface area contributed by atoms with Crippen LogP contribution in [0.4, 0.5) is 0 Å². The Morgan fingerprint density at radius 3 is 2.26 bits per heavy atom. The fraction of sp³-hybridized carbons (Fsp3) is 0.750. The van der Waals surface area contributed by atoms with Crippen LogP contribution in [0.1, 0.15) is 39.5 Å². The van der Waals surface area contributed by atoms with Gasteiger partial charge in [-0.1, -0.05) is 19.4 Å². The minimum Gasteiger partial charge on any atom is -0.339 e. The van der Waals surface area contributed by atoms with Crippen molar-refractivity contribution in [1.82, 2.24) is 9.62 Å². The van der Waals surface area contributed by atoms with Gasteiger partial charge in [0.1, 0.15) is 0 Å². The number of hydrogen-bond donors (Lipinski definition) is 2. The molecule has 1 aliphatic heterocycles. The van der Waals surface area contributed by atoms with Crippen LogP contribution in [0.2, 0.25) is 0 Å². The van der Waals surface area contributed by atoms with Crippen LogP contribution in [0.5, 0.6) is 0 Å². The molecule has 0 bridgehead atoms. The number of nitrogens with one attached hydrogen (secondary N) is 1. The van der Waals surface area contributed by atoms with Crippen LogP contribution in [0.3, 0.4) is 0 Å². The Balaban J connectivity index is 2.50. The summed E-state index contributed by atoms with van der Waals surface area (Å²) in [6, 6.07) is -0.167. The monoisotopic (exact) mass is 289 g/mol. The van der Waals surface area contributed by atoms with Crippen LogP contribution < -0.4 is 9.86 Å². The average Bonchev–Trinajstić information content (AvgIpc) is 2.34. The van der Waals surface area contributed by atoms with E-state index in [1.54, 1.807) is 11.0 Å². The SMILES string of the molecule is CCC(=CC(=O)N1CCC(NS(N)(=O)=O)CC1)CC. The number of carbonyl (C=O) groups is 1. The molecule has 0 spiro atoms. The minimum absolute atomic E-state index is 0.0211. The van der Waals surface area contributed by atoms with Gasteiger partial charge >= 0.3 is 0 Å². The molecule has 1 aliphatic rings. The van der Waals surface area contributed by atoms with Crippen molar-refractivity contribution in [1.29, 1.82) is 0 Å². The van der Waals surface area contributed by atoms with Crippen LogP contribution in [-0.2, 0) is 15.0 Å². The first-order valence-corrected chi connectivity index (χ1v) is 8.18. The standard InChI is InChI=1S/C12H23N3O3S/c1-3-10(4-2)9-12(16)15-7-5-11(6-8-15)14-19(13,17)18/h9,11,14H,3-8H2,1-2H3,(H2,13,17,18). The van der Waals surface area contributed by atoms with Crippen molar-refractivity contribution in [2.24, 2.45) is 5.14 Å². The van der Waals surface area contributed by atoms with E-state index in [9.17, 15) is 13.2 Å². The number of allylic oxidation sites excluding steroid dienone is 1. The van der Waals surface area contributed by atoms with E-state index < -0.39 is 10.2 Å². The number of carbonyl (C=O) groups excluding carboxylic acids is 1. The fourth-order valence-corrected chi connectivity index (χ4v) is 2.87. The lowest BCUT2D eigenvalue weighted by molar-refractivity contribution is -0.127. The molecule has 110 valence electrons. The Labute approximate surface area is 115 Å². The molecule has 7 heteroatoms. The highest BCUT2D eigenvalue weighted by atomic mass is 32.2. The van der Waals surface area contributed by atoms with Gasteiger partial charge in [0.2, 0.25) is 5.91 Å². The molecule has 1 heterocycles. The van der Waals surface area contributed by atoms with Gasteiger partial charge < -0.3 is 4.90 Å². The molecule has 1 amide bonds. The quantitative estimate of drug-likeness (QED) is 0.723. The van der Waals surface area contributed by atoms with Crippen molar-refractivity contribution in [2.75, 3.05) is 13.1 Å². The maximum Gasteiger partial charge on any atom is 0.274 e. The Morgan fingerprint density at radius 2 is 1.84 bits per heavy atom. The van der Waals surface area contributed by atoms with Crippen LogP contribution >= 0.6 is 0 Å². The van der Waals surface area contributed by atoms with Crippen LogP contribution in [-0.4, -0.2) is 38.4 Å². The molecule has 1 rings (SSSR count).